The van der Waals surface area contributed by atoms with Crippen LogP contribution >= 0.6 is 0 Å². The average molecular weight is 717 g/mol. The van der Waals surface area contributed by atoms with Gasteiger partial charge in [0, 0.05) is 38.2 Å². The molecule has 3 heterocycles. The monoisotopic (exact) mass is 716 g/mol. The maximum atomic E-state index is 6.99. The third kappa shape index (κ3) is 5.37. The quantitative estimate of drug-likeness (QED) is 0.172. The van der Waals surface area contributed by atoms with Crippen molar-refractivity contribution in [2.75, 3.05) is 0 Å². The molecule has 0 aliphatic rings. The van der Waals surface area contributed by atoms with Gasteiger partial charge in [-0.05, 0) is 64.7 Å². The number of hydrogen-bond acceptors (Lipinski definition) is 4. The topological polar surface area (TPSA) is 56.7 Å². The standard InChI is InChI=1S/C51H32N4O/c1-4-15-33(16-5-1)36-21-14-22-37(29-36)39-30-43-42-28-27-38(51-53-49(34-17-6-2-7-18-34)52-50(54-51)35-19-8-3-9-20-35)32-47(42)56-48(43)46(31-39)55-44-25-12-10-23-40(44)41-24-11-13-26-45(41)55/h1-32H. The molecular weight excluding hydrogens is 685 g/mol. The number of benzene rings is 8. The minimum Gasteiger partial charge on any atom is -0.454 e. The summed E-state index contributed by atoms with van der Waals surface area (Å²) >= 11 is 0. The van der Waals surface area contributed by atoms with Crippen LogP contribution in [0.3, 0.4) is 0 Å². The van der Waals surface area contributed by atoms with Crippen LogP contribution in [-0.2, 0) is 0 Å². The normalized spacial score (nSPS) is 11.6. The van der Waals surface area contributed by atoms with Crippen molar-refractivity contribution in [1.29, 1.82) is 0 Å². The fraction of sp³-hybridized carbons (Fsp3) is 0. The third-order valence-corrected chi connectivity index (χ3v) is 10.6. The summed E-state index contributed by atoms with van der Waals surface area (Å²) in [6.07, 6.45) is 0. The van der Waals surface area contributed by atoms with Crippen LogP contribution < -0.4 is 0 Å². The van der Waals surface area contributed by atoms with Crippen LogP contribution in [0.4, 0.5) is 0 Å². The number of nitrogens with zero attached hydrogens (tertiary/aromatic N) is 4. The van der Waals surface area contributed by atoms with Gasteiger partial charge in [-0.15, -0.1) is 0 Å². The molecule has 0 amide bonds. The van der Waals surface area contributed by atoms with Gasteiger partial charge in [-0.2, -0.15) is 0 Å². The summed E-state index contributed by atoms with van der Waals surface area (Å²) in [5.74, 6) is 1.83. The van der Waals surface area contributed by atoms with Crippen molar-refractivity contribution in [1.82, 2.24) is 19.5 Å². The lowest BCUT2D eigenvalue weighted by Gasteiger charge is -2.12. The molecule has 0 N–H and O–H groups in total. The first kappa shape index (κ1) is 31.9. The summed E-state index contributed by atoms with van der Waals surface area (Å²) in [4.78, 5) is 14.9. The first-order valence-corrected chi connectivity index (χ1v) is 18.8. The lowest BCUT2D eigenvalue weighted by molar-refractivity contribution is 0.666. The highest BCUT2D eigenvalue weighted by Crippen LogP contribution is 2.42. The predicted octanol–water partition coefficient (Wildman–Crippen LogP) is 13.2. The van der Waals surface area contributed by atoms with Gasteiger partial charge in [0.15, 0.2) is 23.1 Å². The lowest BCUT2D eigenvalue weighted by Crippen LogP contribution is -2.00. The maximum absolute atomic E-state index is 6.99. The highest BCUT2D eigenvalue weighted by molar-refractivity contribution is 6.14. The Kier molecular flexibility index (Phi) is 7.42. The second-order valence-corrected chi connectivity index (χ2v) is 14.0. The second-order valence-electron chi connectivity index (χ2n) is 14.0. The van der Waals surface area contributed by atoms with Gasteiger partial charge >= 0.3 is 0 Å². The zero-order valence-corrected chi connectivity index (χ0v) is 30.2. The Balaban J connectivity index is 1.15. The van der Waals surface area contributed by atoms with Gasteiger partial charge in [0.05, 0.1) is 16.7 Å². The average Bonchev–Trinajstić information content (AvgIpc) is 3.82. The zero-order valence-electron chi connectivity index (χ0n) is 30.2. The Morgan fingerprint density at radius 1 is 0.321 bits per heavy atom. The largest absolute Gasteiger partial charge is 0.454 e. The van der Waals surface area contributed by atoms with Crippen LogP contribution in [0.2, 0.25) is 0 Å². The van der Waals surface area contributed by atoms with Crippen molar-refractivity contribution in [2.24, 2.45) is 0 Å². The summed E-state index contributed by atoms with van der Waals surface area (Å²) in [5, 5.41) is 4.46. The fourth-order valence-corrected chi connectivity index (χ4v) is 7.96. The van der Waals surface area contributed by atoms with Gasteiger partial charge in [0.1, 0.15) is 5.58 Å². The Morgan fingerprint density at radius 3 is 1.43 bits per heavy atom. The highest BCUT2D eigenvalue weighted by atomic mass is 16.3. The van der Waals surface area contributed by atoms with Crippen LogP contribution in [0.1, 0.15) is 0 Å². The molecule has 3 aromatic heterocycles. The number of para-hydroxylation sites is 2. The van der Waals surface area contributed by atoms with Gasteiger partial charge in [-0.25, -0.2) is 15.0 Å². The molecule has 0 aliphatic heterocycles. The molecule has 0 spiro atoms. The van der Waals surface area contributed by atoms with E-state index in [1.54, 1.807) is 0 Å². The molecule has 0 saturated heterocycles. The van der Waals surface area contributed by atoms with Crippen LogP contribution in [0.15, 0.2) is 199 Å². The number of fused-ring (bicyclic) bond motifs is 6. The Morgan fingerprint density at radius 2 is 0.821 bits per heavy atom. The van der Waals surface area contributed by atoms with Crippen molar-refractivity contribution in [2.45, 2.75) is 0 Å². The van der Waals surface area contributed by atoms with Gasteiger partial charge < -0.3 is 8.98 Å². The summed E-state index contributed by atoms with van der Waals surface area (Å²) in [7, 11) is 0. The summed E-state index contributed by atoms with van der Waals surface area (Å²) < 4.78 is 9.34. The zero-order chi connectivity index (χ0) is 37.0. The molecule has 11 aromatic rings. The van der Waals surface area contributed by atoms with Crippen molar-refractivity contribution >= 4 is 43.7 Å². The summed E-state index contributed by atoms with van der Waals surface area (Å²) in [6, 6.07) is 67.5. The highest BCUT2D eigenvalue weighted by Gasteiger charge is 2.21. The molecule has 0 aliphatic carbocycles. The smallest absolute Gasteiger partial charge is 0.164 e. The second kappa shape index (κ2) is 13.0. The molecule has 11 rings (SSSR count). The van der Waals surface area contributed by atoms with Crippen molar-refractivity contribution < 1.29 is 4.42 Å². The van der Waals surface area contributed by atoms with Crippen molar-refractivity contribution in [3.05, 3.63) is 194 Å². The van der Waals surface area contributed by atoms with Gasteiger partial charge in [-0.3, -0.25) is 0 Å². The van der Waals surface area contributed by atoms with Crippen LogP contribution in [0.25, 0.3) is 106 Å². The number of aromatic nitrogens is 4. The van der Waals surface area contributed by atoms with E-state index in [4.69, 9.17) is 19.4 Å². The van der Waals surface area contributed by atoms with Crippen LogP contribution in [-0.4, -0.2) is 19.5 Å². The molecule has 8 aromatic carbocycles. The van der Waals surface area contributed by atoms with E-state index in [1.165, 1.54) is 21.9 Å². The number of rotatable bonds is 6. The first-order valence-electron chi connectivity index (χ1n) is 18.8. The van der Waals surface area contributed by atoms with Gasteiger partial charge in [0.25, 0.3) is 0 Å². The van der Waals surface area contributed by atoms with E-state index < -0.39 is 0 Å². The minimum atomic E-state index is 0.584. The third-order valence-electron chi connectivity index (χ3n) is 10.6. The van der Waals surface area contributed by atoms with E-state index in [0.29, 0.717) is 17.5 Å². The molecule has 5 heteroatoms. The molecule has 262 valence electrons. The molecule has 0 unspecified atom stereocenters. The molecule has 0 atom stereocenters. The molecular formula is C51H32N4O. The van der Waals surface area contributed by atoms with E-state index in [-0.39, 0.29) is 0 Å². The molecule has 0 fully saturated rings. The molecule has 0 saturated carbocycles. The summed E-state index contributed by atoms with van der Waals surface area (Å²) in [6.45, 7) is 0. The van der Waals surface area contributed by atoms with Gasteiger partial charge in [0.2, 0.25) is 0 Å². The van der Waals surface area contributed by atoms with Crippen molar-refractivity contribution in [3.63, 3.8) is 0 Å². The SMILES string of the molecule is c1ccc(-c2cccc(-c3cc(-n4c5ccccc5c5ccccc54)c4oc5cc(-c6nc(-c7ccccc7)nc(-c7ccccc7)n6)ccc5c4c3)c2)cc1. The lowest BCUT2D eigenvalue weighted by atomic mass is 9.97. The van der Waals surface area contributed by atoms with E-state index >= 15 is 0 Å². The summed E-state index contributed by atoms with van der Waals surface area (Å²) in [5.41, 5.74) is 12.1. The first-order chi connectivity index (χ1) is 27.7. The molecule has 5 nitrogen and oxygen atoms in total. The Hall–Kier alpha value is -7.63. The number of furan rings is 1. The maximum Gasteiger partial charge on any atom is 0.164 e. The molecule has 0 radical (unpaired) electrons. The Bertz CT molecular complexity index is 3130. The van der Waals surface area contributed by atoms with E-state index in [0.717, 1.165) is 66.5 Å². The van der Waals surface area contributed by atoms with E-state index in [1.807, 2.05) is 60.7 Å². The molecule has 0 bridgehead atoms. The predicted molar refractivity (Wildman–Crippen MR) is 229 cm³/mol. The molecule has 56 heavy (non-hydrogen) atoms. The van der Waals surface area contributed by atoms with E-state index in [9.17, 15) is 0 Å². The van der Waals surface area contributed by atoms with Crippen molar-refractivity contribution in [3.8, 4) is 62.1 Å². The number of hydrogen-bond donors (Lipinski definition) is 0. The Labute approximate surface area is 322 Å². The van der Waals surface area contributed by atoms with E-state index in [2.05, 4.69) is 138 Å². The minimum absolute atomic E-state index is 0.584. The van der Waals surface area contributed by atoms with Crippen LogP contribution in [0, 0.1) is 0 Å². The van der Waals surface area contributed by atoms with Gasteiger partial charge in [-0.1, -0.05) is 152 Å². The fourth-order valence-electron chi connectivity index (χ4n) is 7.96. The van der Waals surface area contributed by atoms with Crippen LogP contribution in [0.5, 0.6) is 0 Å².